The quantitative estimate of drug-likeness (QED) is 0.773. The lowest BCUT2D eigenvalue weighted by atomic mass is 10.2. The number of methoxy groups -OCH3 is 2. The van der Waals surface area contributed by atoms with Gasteiger partial charge < -0.3 is 9.47 Å². The monoisotopic (exact) mass is 256 g/mol. The Kier molecular flexibility index (Phi) is 3.03. The molecule has 0 unspecified atom stereocenters. The van der Waals surface area contributed by atoms with Crippen LogP contribution in [0.1, 0.15) is 9.67 Å². The van der Waals surface area contributed by atoms with Crippen molar-refractivity contribution in [2.45, 2.75) is 0 Å². The maximum Gasteiger partial charge on any atom is 0.349 e. The van der Waals surface area contributed by atoms with Gasteiger partial charge in [0.1, 0.15) is 10.6 Å². The van der Waals surface area contributed by atoms with Crippen molar-refractivity contribution >= 4 is 39.0 Å². The van der Waals surface area contributed by atoms with E-state index < -0.39 is 5.97 Å². The molecule has 84 valence electrons. The van der Waals surface area contributed by atoms with E-state index in [2.05, 4.69) is 4.74 Å². The first-order valence-corrected chi connectivity index (χ1v) is 5.71. The summed E-state index contributed by atoms with van der Waals surface area (Å²) in [4.78, 5) is 11.9. The molecule has 0 radical (unpaired) electrons. The average molecular weight is 257 g/mol. The Morgan fingerprint density at radius 2 is 2.12 bits per heavy atom. The van der Waals surface area contributed by atoms with E-state index in [1.54, 1.807) is 13.2 Å². The molecule has 3 nitrogen and oxygen atoms in total. The Morgan fingerprint density at radius 1 is 1.38 bits per heavy atom. The molecule has 0 fully saturated rings. The predicted octanol–water partition coefficient (Wildman–Crippen LogP) is 3.35. The molecule has 0 atom stereocenters. The number of hydrogen-bond acceptors (Lipinski definition) is 4. The Morgan fingerprint density at radius 3 is 2.75 bits per heavy atom. The topological polar surface area (TPSA) is 35.5 Å². The van der Waals surface area contributed by atoms with Crippen LogP contribution in [0.4, 0.5) is 0 Å². The van der Waals surface area contributed by atoms with Gasteiger partial charge in [0.15, 0.2) is 0 Å². The highest BCUT2D eigenvalue weighted by atomic mass is 35.5. The molecule has 0 bridgehead atoms. The molecule has 1 heterocycles. The fraction of sp³-hybridized carbons (Fsp3) is 0.182. The minimum absolute atomic E-state index is 0.412. The van der Waals surface area contributed by atoms with E-state index in [-0.39, 0.29) is 0 Å². The second kappa shape index (κ2) is 4.31. The van der Waals surface area contributed by atoms with Gasteiger partial charge in [-0.15, -0.1) is 11.3 Å². The number of hydrogen-bond donors (Lipinski definition) is 0. The van der Waals surface area contributed by atoms with Crippen molar-refractivity contribution in [1.29, 1.82) is 0 Å². The summed E-state index contributed by atoms with van der Waals surface area (Å²) in [6, 6.07) is 5.51. The molecule has 2 rings (SSSR count). The average Bonchev–Trinajstić information content (AvgIpc) is 2.65. The van der Waals surface area contributed by atoms with E-state index in [1.165, 1.54) is 18.4 Å². The van der Waals surface area contributed by atoms with Gasteiger partial charge in [-0.3, -0.25) is 0 Å². The molecule has 1 aromatic heterocycles. The van der Waals surface area contributed by atoms with Crippen LogP contribution in [0.2, 0.25) is 5.02 Å². The fourth-order valence-electron chi connectivity index (χ4n) is 1.40. The van der Waals surface area contributed by atoms with E-state index in [9.17, 15) is 4.79 Å². The van der Waals surface area contributed by atoms with Gasteiger partial charge in [0.25, 0.3) is 0 Å². The number of thiophene rings is 1. The number of halogens is 1. The summed E-state index contributed by atoms with van der Waals surface area (Å²) in [7, 11) is 2.92. The van der Waals surface area contributed by atoms with Crippen LogP contribution >= 0.6 is 22.9 Å². The van der Waals surface area contributed by atoms with Crippen LogP contribution in [0.25, 0.3) is 10.1 Å². The Labute approximate surface area is 102 Å². The molecule has 0 saturated heterocycles. The maximum atomic E-state index is 11.4. The largest absolute Gasteiger partial charge is 0.497 e. The van der Waals surface area contributed by atoms with Crippen molar-refractivity contribution in [3.8, 4) is 5.75 Å². The number of rotatable bonds is 2. The van der Waals surface area contributed by atoms with E-state index in [4.69, 9.17) is 16.3 Å². The summed E-state index contributed by atoms with van der Waals surface area (Å²) in [6.07, 6.45) is 0. The maximum absolute atomic E-state index is 11.4. The first kappa shape index (κ1) is 11.2. The minimum atomic E-state index is -0.412. The molecule has 16 heavy (non-hydrogen) atoms. The second-order valence-corrected chi connectivity index (χ2v) is 4.53. The molecule has 0 saturated carbocycles. The number of carbonyl (C=O) groups is 1. The molecule has 1 aromatic carbocycles. The van der Waals surface area contributed by atoms with Gasteiger partial charge in [-0.05, 0) is 18.2 Å². The zero-order valence-electron chi connectivity index (χ0n) is 8.74. The van der Waals surface area contributed by atoms with Gasteiger partial charge in [-0.25, -0.2) is 4.79 Å². The number of fused-ring (bicyclic) bond motifs is 1. The molecular formula is C11H9ClO3S. The van der Waals surface area contributed by atoms with Crippen LogP contribution in [0.5, 0.6) is 5.75 Å². The third-order valence-electron chi connectivity index (χ3n) is 2.21. The van der Waals surface area contributed by atoms with Gasteiger partial charge in [0.05, 0.1) is 19.2 Å². The molecule has 0 N–H and O–H groups in total. The third kappa shape index (κ3) is 1.74. The first-order valence-electron chi connectivity index (χ1n) is 4.51. The molecule has 0 aliphatic heterocycles. The highest BCUT2D eigenvalue weighted by molar-refractivity contribution is 7.21. The van der Waals surface area contributed by atoms with Gasteiger partial charge >= 0.3 is 5.97 Å². The number of ether oxygens (including phenoxy) is 2. The van der Waals surface area contributed by atoms with E-state index in [0.717, 1.165) is 10.1 Å². The second-order valence-electron chi connectivity index (χ2n) is 3.10. The molecule has 2 aromatic rings. The smallest absolute Gasteiger partial charge is 0.349 e. The fourth-order valence-corrected chi connectivity index (χ4v) is 2.80. The molecule has 0 aliphatic carbocycles. The highest BCUT2D eigenvalue weighted by Crippen LogP contribution is 2.37. The van der Waals surface area contributed by atoms with E-state index >= 15 is 0 Å². The van der Waals surface area contributed by atoms with Crippen LogP contribution in [0.3, 0.4) is 0 Å². The Balaban J connectivity index is 2.64. The van der Waals surface area contributed by atoms with Crippen molar-refractivity contribution in [2.24, 2.45) is 0 Å². The standard InChI is InChI=1S/C11H9ClO3S/c1-14-6-3-4-8-7(5-6)9(12)10(16-8)11(13)15-2/h3-5H,1-2H3. The van der Waals surface area contributed by atoms with Crippen LogP contribution in [0.15, 0.2) is 18.2 Å². The lowest BCUT2D eigenvalue weighted by Crippen LogP contribution is -1.97. The normalized spacial score (nSPS) is 10.4. The minimum Gasteiger partial charge on any atom is -0.497 e. The lowest BCUT2D eigenvalue weighted by molar-refractivity contribution is 0.0606. The number of benzene rings is 1. The highest BCUT2D eigenvalue weighted by Gasteiger charge is 2.17. The van der Waals surface area contributed by atoms with Crippen LogP contribution < -0.4 is 4.74 Å². The van der Waals surface area contributed by atoms with Gasteiger partial charge in [-0.1, -0.05) is 11.6 Å². The van der Waals surface area contributed by atoms with Crippen LogP contribution in [0, 0.1) is 0 Å². The van der Waals surface area contributed by atoms with Crippen LogP contribution in [-0.4, -0.2) is 20.2 Å². The molecule has 0 spiro atoms. The number of esters is 1. The van der Waals surface area contributed by atoms with Crippen molar-refractivity contribution in [2.75, 3.05) is 14.2 Å². The van der Waals surface area contributed by atoms with Gasteiger partial charge in [0, 0.05) is 10.1 Å². The van der Waals surface area contributed by atoms with Crippen molar-refractivity contribution in [3.63, 3.8) is 0 Å². The molecule has 5 heteroatoms. The van der Waals surface area contributed by atoms with E-state index in [0.29, 0.717) is 15.6 Å². The van der Waals surface area contributed by atoms with Crippen molar-refractivity contribution in [3.05, 3.63) is 28.1 Å². The SMILES string of the molecule is COC(=O)c1sc2ccc(OC)cc2c1Cl. The van der Waals surface area contributed by atoms with Gasteiger partial charge in [0.2, 0.25) is 0 Å². The third-order valence-corrected chi connectivity index (χ3v) is 3.86. The summed E-state index contributed by atoms with van der Waals surface area (Å²) < 4.78 is 10.7. The lowest BCUT2D eigenvalue weighted by Gasteiger charge is -1.98. The molecule has 0 aliphatic rings. The zero-order chi connectivity index (χ0) is 11.7. The summed E-state index contributed by atoms with van der Waals surface area (Å²) in [5.41, 5.74) is 0. The first-order chi connectivity index (χ1) is 7.67. The van der Waals surface area contributed by atoms with Crippen LogP contribution in [-0.2, 0) is 4.74 Å². The Bertz CT molecular complexity index is 547. The van der Waals surface area contributed by atoms with Crippen molar-refractivity contribution < 1.29 is 14.3 Å². The van der Waals surface area contributed by atoms with E-state index in [1.807, 2.05) is 12.1 Å². The number of carbonyl (C=O) groups excluding carboxylic acids is 1. The summed E-state index contributed by atoms with van der Waals surface area (Å²) in [5, 5.41) is 1.23. The summed E-state index contributed by atoms with van der Waals surface area (Å²) >= 11 is 7.43. The molecule has 0 amide bonds. The zero-order valence-corrected chi connectivity index (χ0v) is 10.3. The summed E-state index contributed by atoms with van der Waals surface area (Å²) in [6.45, 7) is 0. The van der Waals surface area contributed by atoms with Gasteiger partial charge in [-0.2, -0.15) is 0 Å². The Hall–Kier alpha value is -1.26. The molecular weight excluding hydrogens is 248 g/mol. The van der Waals surface area contributed by atoms with Crippen molar-refractivity contribution in [1.82, 2.24) is 0 Å². The summed E-state index contributed by atoms with van der Waals surface area (Å²) in [5.74, 6) is 0.300. The predicted molar refractivity (Wildman–Crippen MR) is 64.7 cm³/mol.